The summed E-state index contributed by atoms with van der Waals surface area (Å²) >= 11 is 5.96. The van der Waals surface area contributed by atoms with Gasteiger partial charge in [0, 0.05) is 29.6 Å². The number of halogens is 1. The number of benzene rings is 1. The molecule has 0 amide bonds. The average Bonchev–Trinajstić information content (AvgIpc) is 3.07. The molecule has 0 aliphatic carbocycles. The van der Waals surface area contributed by atoms with Crippen LogP contribution in [0.15, 0.2) is 28.8 Å². The lowest BCUT2D eigenvalue weighted by atomic mass is 10.0. The Hall–Kier alpha value is -1.32. The second kappa shape index (κ2) is 6.20. The maximum atomic E-state index is 5.96. The fourth-order valence-electron chi connectivity index (χ4n) is 3.27. The van der Waals surface area contributed by atoms with E-state index in [-0.39, 0.29) is 0 Å². The Kier molecular flexibility index (Phi) is 4.32. The van der Waals surface area contributed by atoms with Gasteiger partial charge in [-0.15, -0.1) is 0 Å². The summed E-state index contributed by atoms with van der Waals surface area (Å²) in [5.41, 5.74) is 3.65. The van der Waals surface area contributed by atoms with Crippen LogP contribution in [0.1, 0.15) is 48.4 Å². The molecule has 112 valence electrons. The van der Waals surface area contributed by atoms with E-state index in [0.29, 0.717) is 6.04 Å². The second-order valence-electron chi connectivity index (χ2n) is 5.71. The molecule has 0 saturated carbocycles. The molecule has 0 unspecified atom stereocenters. The standard InChI is InChI=1S/C17H21ClN2O/c1-3-16-17(12(2)19-21-16)15-5-4-10-20(15)11-13-6-8-14(18)9-7-13/h6-9,15H,3-5,10-11H2,1-2H3/t15-/m0/s1. The molecule has 0 bridgehead atoms. The van der Waals surface area contributed by atoms with Gasteiger partial charge >= 0.3 is 0 Å². The van der Waals surface area contributed by atoms with Crippen LogP contribution in [0.4, 0.5) is 0 Å². The zero-order valence-corrected chi connectivity index (χ0v) is 13.4. The van der Waals surface area contributed by atoms with Gasteiger partial charge in [-0.1, -0.05) is 35.8 Å². The van der Waals surface area contributed by atoms with Crippen molar-refractivity contribution in [2.24, 2.45) is 0 Å². The van der Waals surface area contributed by atoms with E-state index < -0.39 is 0 Å². The Morgan fingerprint density at radius 3 is 2.81 bits per heavy atom. The highest BCUT2D eigenvalue weighted by molar-refractivity contribution is 6.30. The van der Waals surface area contributed by atoms with E-state index in [0.717, 1.165) is 36.0 Å². The highest BCUT2D eigenvalue weighted by Crippen LogP contribution is 2.36. The van der Waals surface area contributed by atoms with Crippen LogP contribution in [-0.2, 0) is 13.0 Å². The van der Waals surface area contributed by atoms with Crippen LogP contribution in [0.5, 0.6) is 0 Å². The lowest BCUT2D eigenvalue weighted by molar-refractivity contribution is 0.245. The van der Waals surface area contributed by atoms with E-state index in [9.17, 15) is 0 Å². The number of likely N-dealkylation sites (tertiary alicyclic amines) is 1. The van der Waals surface area contributed by atoms with Gasteiger partial charge in [-0.3, -0.25) is 4.90 Å². The van der Waals surface area contributed by atoms with Crippen LogP contribution in [0.2, 0.25) is 5.02 Å². The molecule has 1 aromatic heterocycles. The first kappa shape index (κ1) is 14.6. The fraction of sp³-hybridized carbons (Fsp3) is 0.471. The molecule has 1 fully saturated rings. The summed E-state index contributed by atoms with van der Waals surface area (Å²) in [6.07, 6.45) is 3.32. The predicted octanol–water partition coefficient (Wildman–Crippen LogP) is 4.54. The van der Waals surface area contributed by atoms with Crippen molar-refractivity contribution in [2.45, 2.75) is 45.7 Å². The highest BCUT2D eigenvalue weighted by Gasteiger charge is 2.31. The quantitative estimate of drug-likeness (QED) is 0.830. The summed E-state index contributed by atoms with van der Waals surface area (Å²) in [7, 11) is 0. The van der Waals surface area contributed by atoms with Crippen molar-refractivity contribution >= 4 is 11.6 Å². The molecule has 0 radical (unpaired) electrons. The molecule has 1 saturated heterocycles. The van der Waals surface area contributed by atoms with Crippen LogP contribution in [0.25, 0.3) is 0 Å². The maximum absolute atomic E-state index is 5.96. The minimum Gasteiger partial charge on any atom is -0.361 e. The van der Waals surface area contributed by atoms with Crippen molar-refractivity contribution < 1.29 is 4.52 Å². The van der Waals surface area contributed by atoms with Crippen LogP contribution < -0.4 is 0 Å². The van der Waals surface area contributed by atoms with Gasteiger partial charge in [0.2, 0.25) is 0 Å². The minimum atomic E-state index is 0.432. The third-order valence-corrected chi connectivity index (χ3v) is 4.55. The van der Waals surface area contributed by atoms with Gasteiger partial charge in [-0.05, 0) is 44.0 Å². The molecule has 21 heavy (non-hydrogen) atoms. The van der Waals surface area contributed by atoms with Crippen molar-refractivity contribution in [1.82, 2.24) is 10.1 Å². The molecule has 1 aliphatic heterocycles. The van der Waals surface area contributed by atoms with Gasteiger partial charge in [-0.25, -0.2) is 0 Å². The van der Waals surface area contributed by atoms with Gasteiger partial charge in [0.1, 0.15) is 5.76 Å². The molecule has 1 aliphatic rings. The number of nitrogens with zero attached hydrogens (tertiary/aromatic N) is 2. The van der Waals surface area contributed by atoms with E-state index in [2.05, 4.69) is 36.0 Å². The first-order valence-electron chi connectivity index (χ1n) is 7.62. The Labute approximate surface area is 130 Å². The fourth-order valence-corrected chi connectivity index (χ4v) is 3.40. The lowest BCUT2D eigenvalue weighted by Crippen LogP contribution is -2.23. The lowest BCUT2D eigenvalue weighted by Gasteiger charge is -2.24. The Morgan fingerprint density at radius 1 is 1.33 bits per heavy atom. The summed E-state index contributed by atoms with van der Waals surface area (Å²) in [4.78, 5) is 2.53. The first-order valence-corrected chi connectivity index (χ1v) is 8.00. The van der Waals surface area contributed by atoms with Crippen molar-refractivity contribution in [2.75, 3.05) is 6.54 Å². The number of hydrogen-bond acceptors (Lipinski definition) is 3. The van der Waals surface area contributed by atoms with Crippen molar-refractivity contribution in [3.63, 3.8) is 0 Å². The second-order valence-corrected chi connectivity index (χ2v) is 6.15. The normalized spacial score (nSPS) is 19.3. The minimum absolute atomic E-state index is 0.432. The third kappa shape index (κ3) is 2.99. The molecular weight excluding hydrogens is 284 g/mol. The van der Waals surface area contributed by atoms with E-state index >= 15 is 0 Å². The van der Waals surface area contributed by atoms with E-state index in [1.54, 1.807) is 0 Å². The zero-order chi connectivity index (χ0) is 14.8. The van der Waals surface area contributed by atoms with Gasteiger partial charge < -0.3 is 4.52 Å². The summed E-state index contributed by atoms with van der Waals surface area (Å²) in [5, 5.41) is 4.96. The van der Waals surface area contributed by atoms with Crippen molar-refractivity contribution in [3.8, 4) is 0 Å². The van der Waals surface area contributed by atoms with Crippen molar-refractivity contribution in [3.05, 3.63) is 51.9 Å². The van der Waals surface area contributed by atoms with Gasteiger partial charge in [-0.2, -0.15) is 0 Å². The van der Waals surface area contributed by atoms with E-state index in [1.165, 1.54) is 24.0 Å². The summed E-state index contributed by atoms with van der Waals surface area (Å²) in [5.74, 6) is 1.04. The Morgan fingerprint density at radius 2 is 2.10 bits per heavy atom. The smallest absolute Gasteiger partial charge is 0.141 e. The number of aromatic nitrogens is 1. The van der Waals surface area contributed by atoms with Gasteiger partial charge in [0.25, 0.3) is 0 Å². The predicted molar refractivity (Wildman–Crippen MR) is 84.5 cm³/mol. The molecule has 3 nitrogen and oxygen atoms in total. The summed E-state index contributed by atoms with van der Waals surface area (Å²) in [6.45, 7) is 6.26. The third-order valence-electron chi connectivity index (χ3n) is 4.30. The van der Waals surface area contributed by atoms with Gasteiger partial charge in [0.15, 0.2) is 0 Å². The van der Waals surface area contributed by atoms with Crippen LogP contribution >= 0.6 is 11.6 Å². The molecule has 0 N–H and O–H groups in total. The molecule has 4 heteroatoms. The van der Waals surface area contributed by atoms with Crippen LogP contribution in [-0.4, -0.2) is 16.6 Å². The molecule has 3 rings (SSSR count). The maximum Gasteiger partial charge on any atom is 0.141 e. The number of rotatable bonds is 4. The van der Waals surface area contributed by atoms with E-state index in [4.69, 9.17) is 16.1 Å². The molecule has 1 aromatic carbocycles. The highest BCUT2D eigenvalue weighted by atomic mass is 35.5. The molecular formula is C17H21ClN2O. The summed E-state index contributed by atoms with van der Waals surface area (Å²) in [6, 6.07) is 8.58. The van der Waals surface area contributed by atoms with Crippen LogP contribution in [0.3, 0.4) is 0 Å². The SMILES string of the molecule is CCc1onc(C)c1[C@@H]1CCCN1Cc1ccc(Cl)cc1. The summed E-state index contributed by atoms with van der Waals surface area (Å²) < 4.78 is 5.48. The monoisotopic (exact) mass is 304 g/mol. The molecule has 1 atom stereocenters. The van der Waals surface area contributed by atoms with Crippen LogP contribution in [0, 0.1) is 6.92 Å². The number of hydrogen-bond donors (Lipinski definition) is 0. The molecule has 2 heterocycles. The largest absolute Gasteiger partial charge is 0.361 e. The van der Waals surface area contributed by atoms with Gasteiger partial charge in [0.05, 0.1) is 5.69 Å². The average molecular weight is 305 g/mol. The topological polar surface area (TPSA) is 29.3 Å². The first-order chi connectivity index (χ1) is 10.2. The molecule has 0 spiro atoms. The van der Waals surface area contributed by atoms with Crippen molar-refractivity contribution in [1.29, 1.82) is 0 Å². The number of aryl methyl sites for hydroxylation is 2. The van der Waals surface area contributed by atoms with E-state index in [1.807, 2.05) is 12.1 Å². The molecule has 2 aromatic rings. The Bertz CT molecular complexity index is 606. The Balaban J connectivity index is 1.82. The zero-order valence-electron chi connectivity index (χ0n) is 12.6.